The van der Waals surface area contributed by atoms with Crippen molar-refractivity contribution < 1.29 is 4.79 Å². The van der Waals surface area contributed by atoms with Crippen LogP contribution in [-0.2, 0) is 17.9 Å². The Morgan fingerprint density at radius 3 is 2.50 bits per heavy atom. The van der Waals surface area contributed by atoms with Gasteiger partial charge in [0.05, 0.1) is 6.20 Å². The molecule has 2 aromatic rings. The third-order valence-electron chi connectivity index (χ3n) is 3.45. The first-order chi connectivity index (χ1) is 10.5. The second-order valence-corrected chi connectivity index (χ2v) is 5.82. The summed E-state index contributed by atoms with van der Waals surface area (Å²) in [7, 11) is 4.03. The fraction of sp³-hybridized carbons (Fsp3) is 0.412. The number of nitrogens with zero attached hydrogens (tertiary/aromatic N) is 4. The Hall–Kier alpha value is -2.14. The normalized spacial score (nSPS) is 10.9. The van der Waals surface area contributed by atoms with Gasteiger partial charge in [0.25, 0.3) is 0 Å². The standard InChI is InChI=1S/C17H24N4O/c1-15-11-18-21(12-15)14-17(22)20(10-9-19(2)3)13-16-7-5-4-6-8-16/h4-8,11-12H,9-10,13-14H2,1-3H3. The topological polar surface area (TPSA) is 41.4 Å². The van der Waals surface area contributed by atoms with E-state index in [1.165, 1.54) is 0 Å². The summed E-state index contributed by atoms with van der Waals surface area (Å²) in [5.74, 6) is 0.0915. The van der Waals surface area contributed by atoms with Crippen molar-refractivity contribution >= 4 is 5.91 Å². The first-order valence-corrected chi connectivity index (χ1v) is 7.50. The van der Waals surface area contributed by atoms with Crippen LogP contribution in [0, 0.1) is 6.92 Å². The molecule has 0 aliphatic rings. The second-order valence-electron chi connectivity index (χ2n) is 5.82. The first kappa shape index (κ1) is 16.2. The fourth-order valence-corrected chi connectivity index (χ4v) is 2.21. The van der Waals surface area contributed by atoms with Crippen LogP contribution in [0.5, 0.6) is 0 Å². The Kier molecular flexibility index (Phi) is 5.72. The molecule has 118 valence electrons. The summed E-state index contributed by atoms with van der Waals surface area (Å²) < 4.78 is 1.70. The van der Waals surface area contributed by atoms with Crippen LogP contribution in [0.25, 0.3) is 0 Å². The molecule has 1 aromatic carbocycles. The third-order valence-corrected chi connectivity index (χ3v) is 3.45. The average molecular weight is 300 g/mol. The highest BCUT2D eigenvalue weighted by Crippen LogP contribution is 2.06. The van der Waals surface area contributed by atoms with E-state index < -0.39 is 0 Å². The van der Waals surface area contributed by atoms with Gasteiger partial charge in [0.15, 0.2) is 0 Å². The van der Waals surface area contributed by atoms with E-state index >= 15 is 0 Å². The Bertz CT molecular complexity index is 592. The van der Waals surface area contributed by atoms with Gasteiger partial charge < -0.3 is 9.80 Å². The average Bonchev–Trinajstić information content (AvgIpc) is 2.89. The highest BCUT2D eigenvalue weighted by molar-refractivity contribution is 5.75. The number of likely N-dealkylation sites (N-methyl/N-ethyl adjacent to an activating group) is 1. The van der Waals surface area contributed by atoms with Crippen molar-refractivity contribution in [1.82, 2.24) is 19.6 Å². The minimum Gasteiger partial charge on any atom is -0.335 e. The summed E-state index contributed by atoms with van der Waals surface area (Å²) in [5.41, 5.74) is 2.21. The molecule has 0 fully saturated rings. The maximum absolute atomic E-state index is 12.6. The van der Waals surface area contributed by atoms with E-state index in [9.17, 15) is 4.79 Å². The van der Waals surface area contributed by atoms with Crippen molar-refractivity contribution in [3.63, 3.8) is 0 Å². The zero-order valence-corrected chi connectivity index (χ0v) is 13.6. The molecule has 0 spiro atoms. The van der Waals surface area contributed by atoms with E-state index in [2.05, 4.69) is 10.00 Å². The van der Waals surface area contributed by atoms with Crippen LogP contribution in [0.15, 0.2) is 42.7 Å². The zero-order valence-electron chi connectivity index (χ0n) is 13.6. The Balaban J connectivity index is 2.03. The zero-order chi connectivity index (χ0) is 15.9. The molecule has 0 N–H and O–H groups in total. The molecule has 1 aromatic heterocycles. The van der Waals surface area contributed by atoms with Crippen molar-refractivity contribution in [3.05, 3.63) is 53.9 Å². The summed E-state index contributed by atoms with van der Waals surface area (Å²) in [5, 5.41) is 4.20. The molecule has 0 saturated carbocycles. The van der Waals surface area contributed by atoms with Crippen molar-refractivity contribution in [2.24, 2.45) is 0 Å². The van der Waals surface area contributed by atoms with Crippen LogP contribution < -0.4 is 0 Å². The lowest BCUT2D eigenvalue weighted by atomic mass is 10.2. The number of hydrogen-bond donors (Lipinski definition) is 0. The van der Waals surface area contributed by atoms with Gasteiger partial charge in [-0.25, -0.2) is 0 Å². The maximum atomic E-state index is 12.6. The van der Waals surface area contributed by atoms with Crippen molar-refractivity contribution in [1.29, 1.82) is 0 Å². The van der Waals surface area contributed by atoms with E-state index in [-0.39, 0.29) is 12.5 Å². The monoisotopic (exact) mass is 300 g/mol. The van der Waals surface area contributed by atoms with Gasteiger partial charge in [-0.1, -0.05) is 30.3 Å². The highest BCUT2D eigenvalue weighted by atomic mass is 16.2. The largest absolute Gasteiger partial charge is 0.335 e. The molecule has 1 amide bonds. The smallest absolute Gasteiger partial charge is 0.244 e. The number of aromatic nitrogens is 2. The van der Waals surface area contributed by atoms with Gasteiger partial charge in [-0.15, -0.1) is 0 Å². The van der Waals surface area contributed by atoms with Crippen LogP contribution in [0.3, 0.4) is 0 Å². The van der Waals surface area contributed by atoms with Gasteiger partial charge >= 0.3 is 0 Å². The number of amides is 1. The molecule has 0 saturated heterocycles. The van der Waals surface area contributed by atoms with Crippen LogP contribution >= 0.6 is 0 Å². The van der Waals surface area contributed by atoms with E-state index in [0.717, 1.165) is 17.7 Å². The minimum atomic E-state index is 0.0915. The number of benzene rings is 1. The first-order valence-electron chi connectivity index (χ1n) is 7.50. The number of carbonyl (C=O) groups is 1. The van der Waals surface area contributed by atoms with Crippen molar-refractivity contribution in [2.45, 2.75) is 20.0 Å². The quantitative estimate of drug-likeness (QED) is 0.783. The maximum Gasteiger partial charge on any atom is 0.244 e. The molecule has 0 radical (unpaired) electrons. The molecule has 0 atom stereocenters. The molecule has 0 aliphatic heterocycles. The number of aryl methyl sites for hydroxylation is 1. The molecule has 0 aliphatic carbocycles. The Morgan fingerprint density at radius 2 is 1.91 bits per heavy atom. The minimum absolute atomic E-state index is 0.0915. The highest BCUT2D eigenvalue weighted by Gasteiger charge is 2.15. The van der Waals surface area contributed by atoms with E-state index in [1.807, 2.05) is 62.4 Å². The Labute approximate surface area is 132 Å². The van der Waals surface area contributed by atoms with Gasteiger partial charge in [-0.3, -0.25) is 9.48 Å². The molecule has 2 rings (SSSR count). The summed E-state index contributed by atoms with van der Waals surface area (Å²) in [4.78, 5) is 16.6. The van der Waals surface area contributed by atoms with Crippen molar-refractivity contribution in [2.75, 3.05) is 27.2 Å². The van der Waals surface area contributed by atoms with Gasteiger partial charge in [0.1, 0.15) is 6.54 Å². The molecule has 5 heteroatoms. The fourth-order valence-electron chi connectivity index (χ4n) is 2.21. The molecule has 0 unspecified atom stereocenters. The molecule has 0 bridgehead atoms. The second kappa shape index (κ2) is 7.75. The van der Waals surface area contributed by atoms with Crippen LogP contribution in [0.1, 0.15) is 11.1 Å². The summed E-state index contributed by atoms with van der Waals surface area (Å²) in [6.07, 6.45) is 3.67. The third kappa shape index (κ3) is 5.00. The molecule has 22 heavy (non-hydrogen) atoms. The van der Waals surface area contributed by atoms with Gasteiger partial charge in [0, 0.05) is 25.8 Å². The lowest BCUT2D eigenvalue weighted by Gasteiger charge is -2.24. The van der Waals surface area contributed by atoms with Crippen LogP contribution in [0.4, 0.5) is 0 Å². The van der Waals surface area contributed by atoms with Crippen LogP contribution in [0.2, 0.25) is 0 Å². The summed E-state index contributed by atoms with van der Waals surface area (Å²) in [6.45, 7) is 4.45. The molecular weight excluding hydrogens is 276 g/mol. The van der Waals surface area contributed by atoms with Gasteiger partial charge in [-0.2, -0.15) is 5.10 Å². The van der Waals surface area contributed by atoms with E-state index in [1.54, 1.807) is 10.9 Å². The number of carbonyl (C=O) groups excluding carboxylic acids is 1. The lowest BCUT2D eigenvalue weighted by molar-refractivity contribution is -0.132. The SMILES string of the molecule is Cc1cnn(CC(=O)N(CCN(C)C)Cc2ccccc2)c1. The predicted octanol–water partition coefficient (Wildman–Crippen LogP) is 1.78. The molecular formula is C17H24N4O. The summed E-state index contributed by atoms with van der Waals surface area (Å²) in [6, 6.07) is 10.1. The van der Waals surface area contributed by atoms with Crippen LogP contribution in [-0.4, -0.2) is 52.7 Å². The predicted molar refractivity (Wildman–Crippen MR) is 87.4 cm³/mol. The van der Waals surface area contributed by atoms with E-state index in [4.69, 9.17) is 0 Å². The van der Waals surface area contributed by atoms with Gasteiger partial charge in [0.2, 0.25) is 5.91 Å². The lowest BCUT2D eigenvalue weighted by Crippen LogP contribution is -2.38. The number of hydrogen-bond acceptors (Lipinski definition) is 3. The van der Waals surface area contributed by atoms with Gasteiger partial charge in [-0.05, 0) is 32.1 Å². The number of rotatable bonds is 7. The Morgan fingerprint density at radius 1 is 1.18 bits per heavy atom. The van der Waals surface area contributed by atoms with Crippen molar-refractivity contribution in [3.8, 4) is 0 Å². The molecule has 1 heterocycles. The summed E-state index contributed by atoms with van der Waals surface area (Å²) >= 11 is 0. The van der Waals surface area contributed by atoms with E-state index in [0.29, 0.717) is 13.1 Å². The molecule has 5 nitrogen and oxygen atoms in total.